The monoisotopic (exact) mass is 136 g/mol. The summed E-state index contributed by atoms with van der Waals surface area (Å²) in [4.78, 5) is 0. The Morgan fingerprint density at radius 3 is 1.75 bits per heavy atom. The van der Waals surface area contributed by atoms with Crippen molar-refractivity contribution in [2.45, 2.75) is 0 Å². The molecule has 0 atom stereocenters. The second kappa shape index (κ2) is 4.02. The second-order valence-electron chi connectivity index (χ2n) is 1.49. The zero-order valence-electron chi connectivity index (χ0n) is 4.67. The Kier molecular flexibility index (Phi) is 4.06. The summed E-state index contributed by atoms with van der Waals surface area (Å²) in [7, 11) is 0. The third-order valence-electron chi connectivity index (χ3n) is 0.843. The van der Waals surface area contributed by atoms with E-state index in [9.17, 15) is 0 Å². The van der Waals surface area contributed by atoms with Gasteiger partial charge in [-0.2, -0.15) is 0 Å². The van der Waals surface area contributed by atoms with Crippen LogP contribution in [0.15, 0.2) is 30.3 Å². The number of hydrogen-bond donors (Lipinski definition) is 0. The number of rotatable bonds is 0. The van der Waals surface area contributed by atoms with E-state index >= 15 is 0 Å². The first kappa shape index (κ1) is 8.09. The topological polar surface area (TPSA) is 0 Å². The molecule has 0 amide bonds. The molecule has 0 heterocycles. The molecule has 0 aromatic heterocycles. The summed E-state index contributed by atoms with van der Waals surface area (Å²) in [6, 6.07) is 9.87. The van der Waals surface area contributed by atoms with Crippen LogP contribution in [0.4, 0.5) is 0 Å². The summed E-state index contributed by atoms with van der Waals surface area (Å²) in [5.41, 5.74) is 1.07. The van der Waals surface area contributed by atoms with Crippen molar-refractivity contribution < 1.29 is 25.8 Å². The maximum Gasteiger partial charge on any atom is 0 e. The van der Waals surface area contributed by atoms with Crippen LogP contribution in [0.25, 0.3) is 0 Å². The third kappa shape index (κ3) is 2.41. The van der Waals surface area contributed by atoms with Gasteiger partial charge in [0, 0.05) is 25.8 Å². The Hall–Kier alpha value is 0.0901. The predicted octanol–water partition coefficient (Wildman–Crippen LogP) is 1.87. The van der Waals surface area contributed by atoms with Crippen LogP contribution in [-0.4, -0.2) is 0 Å². The van der Waals surface area contributed by atoms with Crippen molar-refractivity contribution in [2.75, 3.05) is 0 Å². The molecular formula is C7H7Sc. The van der Waals surface area contributed by atoms with E-state index in [1.54, 1.807) is 0 Å². The zero-order valence-corrected chi connectivity index (χ0v) is 6.47. The van der Waals surface area contributed by atoms with Gasteiger partial charge in [-0.25, -0.2) is 0 Å². The van der Waals surface area contributed by atoms with Gasteiger partial charge in [0.25, 0.3) is 0 Å². The summed E-state index contributed by atoms with van der Waals surface area (Å²) in [6.45, 7) is 3.72. The first-order chi connectivity index (χ1) is 3.39. The van der Waals surface area contributed by atoms with Crippen molar-refractivity contribution in [3.8, 4) is 0 Å². The van der Waals surface area contributed by atoms with Gasteiger partial charge in [0.2, 0.25) is 0 Å². The van der Waals surface area contributed by atoms with Gasteiger partial charge in [0.1, 0.15) is 0 Å². The van der Waals surface area contributed by atoms with Crippen LogP contribution < -0.4 is 0 Å². The fourth-order valence-electron chi connectivity index (χ4n) is 0.478. The van der Waals surface area contributed by atoms with E-state index in [1.165, 1.54) is 0 Å². The molecular weight excluding hydrogens is 129 g/mol. The Morgan fingerprint density at radius 1 is 1.00 bits per heavy atom. The maximum atomic E-state index is 3.72. The van der Waals surface area contributed by atoms with Gasteiger partial charge >= 0.3 is 0 Å². The van der Waals surface area contributed by atoms with Crippen molar-refractivity contribution in [3.63, 3.8) is 0 Å². The Bertz CT molecular complexity index is 134. The van der Waals surface area contributed by atoms with Crippen molar-refractivity contribution >= 4 is 0 Å². The van der Waals surface area contributed by atoms with Gasteiger partial charge in [-0.3, -0.25) is 0 Å². The average molecular weight is 136 g/mol. The van der Waals surface area contributed by atoms with Gasteiger partial charge in [0.15, 0.2) is 0 Å². The van der Waals surface area contributed by atoms with Gasteiger partial charge < -0.3 is 0 Å². The van der Waals surface area contributed by atoms with Crippen LogP contribution in [0.2, 0.25) is 0 Å². The fourth-order valence-corrected chi connectivity index (χ4v) is 0.478. The summed E-state index contributed by atoms with van der Waals surface area (Å²) in [5.74, 6) is 0. The standard InChI is InChI=1S/C7H7.Sc/c1-7-5-3-2-4-6-7;/h2-6H,1H2;. The van der Waals surface area contributed by atoms with E-state index in [1.807, 2.05) is 30.3 Å². The molecule has 0 fully saturated rings. The molecule has 0 bridgehead atoms. The summed E-state index contributed by atoms with van der Waals surface area (Å²) in [6.07, 6.45) is 0. The molecule has 38 valence electrons. The Labute approximate surface area is 68.7 Å². The third-order valence-corrected chi connectivity index (χ3v) is 0.843. The molecule has 0 N–H and O–H groups in total. The molecule has 0 nitrogen and oxygen atoms in total. The molecule has 1 rings (SSSR count). The predicted molar refractivity (Wildman–Crippen MR) is 30.9 cm³/mol. The van der Waals surface area contributed by atoms with E-state index in [0.717, 1.165) is 5.56 Å². The molecule has 1 heteroatoms. The first-order valence-corrected chi connectivity index (χ1v) is 2.26. The molecule has 0 aliphatic heterocycles. The van der Waals surface area contributed by atoms with Crippen LogP contribution in [-0.2, 0) is 25.8 Å². The smallest absolute Gasteiger partial charge is 0 e. The average Bonchev–Trinajstić information content (AvgIpc) is 1.69. The Balaban J connectivity index is 0.000000490. The minimum Gasteiger partial charge on any atom is -0.0622 e. The van der Waals surface area contributed by atoms with E-state index in [0.29, 0.717) is 0 Å². The molecule has 0 unspecified atom stereocenters. The SMILES string of the molecule is [CH2]c1ccccc1.[Sc]. The first-order valence-electron chi connectivity index (χ1n) is 2.26. The molecule has 2 radical (unpaired) electrons. The molecule has 8 heavy (non-hydrogen) atoms. The normalized spacial score (nSPS) is 7.62. The van der Waals surface area contributed by atoms with E-state index in [-0.39, 0.29) is 25.8 Å². The summed E-state index contributed by atoms with van der Waals surface area (Å²) >= 11 is 0. The summed E-state index contributed by atoms with van der Waals surface area (Å²) < 4.78 is 0. The van der Waals surface area contributed by atoms with Crippen molar-refractivity contribution in [3.05, 3.63) is 42.8 Å². The largest absolute Gasteiger partial charge is 0.0622 e. The molecule has 0 aliphatic carbocycles. The van der Waals surface area contributed by atoms with Gasteiger partial charge in [0.05, 0.1) is 0 Å². The molecule has 0 aliphatic rings. The van der Waals surface area contributed by atoms with E-state index in [4.69, 9.17) is 0 Å². The molecule has 1 aromatic carbocycles. The number of hydrogen-bond acceptors (Lipinski definition) is 0. The van der Waals surface area contributed by atoms with Crippen molar-refractivity contribution in [1.29, 1.82) is 0 Å². The van der Waals surface area contributed by atoms with Gasteiger partial charge in [-0.15, -0.1) is 0 Å². The van der Waals surface area contributed by atoms with Crippen molar-refractivity contribution in [2.24, 2.45) is 0 Å². The fraction of sp³-hybridized carbons (Fsp3) is 0. The molecule has 0 saturated carbocycles. The van der Waals surface area contributed by atoms with E-state index in [2.05, 4.69) is 6.92 Å². The van der Waals surface area contributed by atoms with Crippen LogP contribution >= 0.6 is 0 Å². The molecule has 0 saturated heterocycles. The second-order valence-corrected chi connectivity index (χ2v) is 1.49. The quantitative estimate of drug-likeness (QED) is 0.510. The Morgan fingerprint density at radius 2 is 1.50 bits per heavy atom. The summed E-state index contributed by atoms with van der Waals surface area (Å²) in [5, 5.41) is 0. The van der Waals surface area contributed by atoms with Crippen LogP contribution in [0.1, 0.15) is 5.56 Å². The number of benzene rings is 1. The van der Waals surface area contributed by atoms with E-state index < -0.39 is 0 Å². The minimum atomic E-state index is 0. The molecule has 1 aromatic rings. The van der Waals surface area contributed by atoms with Crippen LogP contribution in [0.5, 0.6) is 0 Å². The van der Waals surface area contributed by atoms with Crippen LogP contribution in [0, 0.1) is 6.92 Å². The van der Waals surface area contributed by atoms with Gasteiger partial charge in [-0.05, 0) is 12.5 Å². The van der Waals surface area contributed by atoms with Crippen molar-refractivity contribution in [1.82, 2.24) is 0 Å². The molecule has 0 spiro atoms. The zero-order chi connectivity index (χ0) is 5.11. The minimum absolute atomic E-state index is 0. The van der Waals surface area contributed by atoms with Gasteiger partial charge in [-0.1, -0.05) is 30.3 Å². The maximum absolute atomic E-state index is 3.72. The van der Waals surface area contributed by atoms with Crippen LogP contribution in [0.3, 0.4) is 0 Å².